The smallest absolute Gasteiger partial charge is 0.352 e. The summed E-state index contributed by atoms with van der Waals surface area (Å²) in [5.74, 6) is -1.39. The Labute approximate surface area is 185 Å². The predicted molar refractivity (Wildman–Crippen MR) is 114 cm³/mol. The lowest BCUT2D eigenvalue weighted by Crippen LogP contribution is -2.70. The zero-order valence-corrected chi connectivity index (χ0v) is 18.7. The van der Waals surface area contributed by atoms with Crippen molar-refractivity contribution in [1.82, 2.24) is 20.4 Å². The summed E-state index contributed by atoms with van der Waals surface area (Å²) in [6, 6.07) is -1.30. The number of aliphatic carboxylic acids is 2. The molecule has 13 heteroatoms. The topological polar surface area (TPSA) is 159 Å². The molecular formula is C17H23N5O5S3. The SMILES string of the molecule is Cc1nnc(SCC2=C(C(=O)O)N3C(=O)C(NCCCCC(N)C(=O)O)[C@@H]3SC2)s1. The lowest BCUT2D eigenvalue weighted by Gasteiger charge is -2.49. The van der Waals surface area contributed by atoms with Gasteiger partial charge in [0, 0.05) is 11.5 Å². The predicted octanol–water partition coefficient (Wildman–Crippen LogP) is 0.733. The maximum absolute atomic E-state index is 12.6. The van der Waals surface area contributed by atoms with Crippen LogP contribution in [0, 0.1) is 6.92 Å². The first-order valence-electron chi connectivity index (χ1n) is 9.34. The van der Waals surface area contributed by atoms with Crippen LogP contribution in [0.15, 0.2) is 15.6 Å². The highest BCUT2D eigenvalue weighted by Gasteiger charge is 2.53. The van der Waals surface area contributed by atoms with Crippen molar-refractivity contribution in [3.05, 3.63) is 16.3 Å². The van der Waals surface area contributed by atoms with E-state index in [1.54, 1.807) is 11.8 Å². The lowest BCUT2D eigenvalue weighted by atomic mass is 10.0. The quantitative estimate of drug-likeness (QED) is 0.204. The molecule has 1 amide bonds. The fourth-order valence-corrected chi connectivity index (χ4v) is 6.53. The van der Waals surface area contributed by atoms with Crippen molar-refractivity contribution in [2.75, 3.05) is 18.1 Å². The van der Waals surface area contributed by atoms with Gasteiger partial charge in [-0.2, -0.15) is 0 Å². The van der Waals surface area contributed by atoms with Gasteiger partial charge in [-0.05, 0) is 31.9 Å². The van der Waals surface area contributed by atoms with Crippen molar-refractivity contribution >= 4 is 52.7 Å². The number of thioether (sulfide) groups is 2. The fraction of sp³-hybridized carbons (Fsp3) is 0.588. The zero-order chi connectivity index (χ0) is 21.8. The summed E-state index contributed by atoms with van der Waals surface area (Å²) < 4.78 is 0.772. The summed E-state index contributed by atoms with van der Waals surface area (Å²) in [5, 5.41) is 30.2. The number of aromatic nitrogens is 2. The van der Waals surface area contributed by atoms with Crippen LogP contribution in [0.5, 0.6) is 0 Å². The highest BCUT2D eigenvalue weighted by molar-refractivity contribution is 8.01. The monoisotopic (exact) mass is 473 g/mol. The number of hydrogen-bond donors (Lipinski definition) is 4. The molecule has 10 nitrogen and oxygen atoms in total. The minimum atomic E-state index is -1.10. The van der Waals surface area contributed by atoms with E-state index in [0.717, 1.165) is 9.35 Å². The standard InChI is InChI=1S/C17H23N5O5S3/c1-8-20-21-17(30-8)29-7-9-6-28-14-11(13(23)22(14)12(9)16(26)27)19-5-3-2-4-10(18)15(24)25/h10-11,14,19H,2-7,18H2,1H3,(H,24,25)(H,26,27)/t10?,11?,14-/m0/s1. The van der Waals surface area contributed by atoms with Crippen molar-refractivity contribution < 1.29 is 24.6 Å². The van der Waals surface area contributed by atoms with E-state index >= 15 is 0 Å². The number of unbranched alkanes of at least 4 members (excludes halogenated alkanes) is 1. The molecule has 0 radical (unpaired) electrons. The van der Waals surface area contributed by atoms with Crippen molar-refractivity contribution in [2.45, 2.75) is 48.0 Å². The third-order valence-corrected chi connectivity index (χ3v) is 8.15. The molecule has 1 fully saturated rings. The molecule has 1 aromatic heterocycles. The zero-order valence-electron chi connectivity index (χ0n) is 16.2. The number of nitrogens with two attached hydrogens (primary N) is 1. The molecule has 30 heavy (non-hydrogen) atoms. The van der Waals surface area contributed by atoms with E-state index in [1.165, 1.54) is 28.0 Å². The summed E-state index contributed by atoms with van der Waals surface area (Å²) in [5.41, 5.74) is 6.25. The van der Waals surface area contributed by atoms with E-state index in [-0.39, 0.29) is 17.0 Å². The Bertz CT molecular complexity index is 861. The number of aryl methyl sites for hydroxylation is 1. The number of amides is 1. The van der Waals surface area contributed by atoms with Gasteiger partial charge in [-0.3, -0.25) is 14.5 Å². The van der Waals surface area contributed by atoms with Crippen LogP contribution < -0.4 is 11.1 Å². The second-order valence-corrected chi connectivity index (χ2v) is 10.4. The number of nitrogens with zero attached hydrogens (tertiary/aromatic N) is 3. The van der Waals surface area contributed by atoms with E-state index < -0.39 is 24.0 Å². The summed E-state index contributed by atoms with van der Waals surface area (Å²) in [7, 11) is 0. The van der Waals surface area contributed by atoms with Gasteiger partial charge < -0.3 is 21.3 Å². The number of carboxylic acids is 2. The number of carboxylic acid groups (broad SMARTS) is 2. The highest BCUT2D eigenvalue weighted by Crippen LogP contribution is 2.41. The Morgan fingerprint density at radius 3 is 2.77 bits per heavy atom. The first kappa shape index (κ1) is 23.0. The number of hydrogen-bond acceptors (Lipinski definition) is 10. The number of rotatable bonds is 11. The first-order chi connectivity index (χ1) is 14.3. The van der Waals surface area contributed by atoms with Crippen LogP contribution >= 0.6 is 34.9 Å². The average molecular weight is 474 g/mol. The van der Waals surface area contributed by atoms with Gasteiger partial charge in [0.2, 0.25) is 5.91 Å². The Kier molecular flexibility index (Phi) is 7.74. The molecule has 0 spiro atoms. The molecule has 2 aliphatic heterocycles. The molecule has 3 heterocycles. The first-order valence-corrected chi connectivity index (χ1v) is 12.2. The molecule has 164 valence electrons. The Hall–Kier alpha value is -1.67. The molecule has 2 aliphatic rings. The number of carbonyl (C=O) groups excluding carboxylic acids is 1. The second kappa shape index (κ2) is 10.1. The third kappa shape index (κ3) is 5.14. The van der Waals surface area contributed by atoms with Gasteiger partial charge in [-0.25, -0.2) is 4.79 Å². The molecule has 0 saturated carbocycles. The Morgan fingerprint density at radius 1 is 1.37 bits per heavy atom. The number of β-lactam (4-membered cyclic amide) rings is 1. The molecule has 1 saturated heterocycles. The van der Waals surface area contributed by atoms with Gasteiger partial charge in [-0.1, -0.05) is 29.5 Å². The van der Waals surface area contributed by atoms with Gasteiger partial charge in [0.25, 0.3) is 0 Å². The molecule has 3 rings (SSSR count). The Balaban J connectivity index is 1.54. The van der Waals surface area contributed by atoms with E-state index in [1.807, 2.05) is 6.92 Å². The third-order valence-electron chi connectivity index (χ3n) is 4.75. The number of carbonyl (C=O) groups is 3. The van der Waals surface area contributed by atoms with Gasteiger partial charge in [0.15, 0.2) is 4.34 Å². The largest absolute Gasteiger partial charge is 0.480 e. The molecule has 0 aromatic carbocycles. The maximum Gasteiger partial charge on any atom is 0.352 e. The molecule has 0 bridgehead atoms. The average Bonchev–Trinajstić information content (AvgIpc) is 3.12. The molecule has 1 aromatic rings. The number of nitrogens with one attached hydrogen (secondary N) is 1. The Morgan fingerprint density at radius 2 is 2.13 bits per heavy atom. The van der Waals surface area contributed by atoms with Gasteiger partial charge in [-0.15, -0.1) is 22.0 Å². The van der Waals surface area contributed by atoms with Crippen LogP contribution in [0.4, 0.5) is 0 Å². The summed E-state index contributed by atoms with van der Waals surface area (Å²) >= 11 is 4.42. The highest BCUT2D eigenvalue weighted by atomic mass is 32.2. The van der Waals surface area contributed by atoms with Crippen molar-refractivity contribution in [2.24, 2.45) is 5.73 Å². The fourth-order valence-electron chi connectivity index (χ4n) is 3.21. The van der Waals surface area contributed by atoms with Crippen molar-refractivity contribution in [1.29, 1.82) is 0 Å². The van der Waals surface area contributed by atoms with Crippen LogP contribution in [0.3, 0.4) is 0 Å². The molecular weight excluding hydrogens is 450 g/mol. The van der Waals surface area contributed by atoms with Crippen molar-refractivity contribution in [3.63, 3.8) is 0 Å². The molecule has 2 unspecified atom stereocenters. The summed E-state index contributed by atoms with van der Waals surface area (Å²) in [4.78, 5) is 36.6. The van der Waals surface area contributed by atoms with Gasteiger partial charge in [0.05, 0.1) is 0 Å². The van der Waals surface area contributed by atoms with Gasteiger partial charge >= 0.3 is 11.9 Å². The maximum atomic E-state index is 12.6. The summed E-state index contributed by atoms with van der Waals surface area (Å²) in [6.45, 7) is 2.40. The minimum absolute atomic E-state index is 0.0722. The van der Waals surface area contributed by atoms with E-state index in [9.17, 15) is 19.5 Å². The number of fused-ring (bicyclic) bond motifs is 1. The van der Waals surface area contributed by atoms with E-state index in [0.29, 0.717) is 42.9 Å². The lowest BCUT2D eigenvalue weighted by molar-refractivity contribution is -0.149. The molecule has 0 aliphatic carbocycles. The van der Waals surface area contributed by atoms with E-state index in [4.69, 9.17) is 10.8 Å². The van der Waals surface area contributed by atoms with Crippen LogP contribution in [0.1, 0.15) is 24.3 Å². The second-order valence-electron chi connectivity index (χ2n) is 6.92. The van der Waals surface area contributed by atoms with Crippen LogP contribution in [-0.2, 0) is 14.4 Å². The van der Waals surface area contributed by atoms with Crippen LogP contribution in [0.25, 0.3) is 0 Å². The van der Waals surface area contributed by atoms with E-state index in [2.05, 4.69) is 15.5 Å². The van der Waals surface area contributed by atoms with Gasteiger partial charge in [0.1, 0.15) is 28.2 Å². The molecule has 5 N–H and O–H groups in total. The molecule has 3 atom stereocenters. The normalized spacial score (nSPS) is 21.9. The van der Waals surface area contributed by atoms with Crippen molar-refractivity contribution in [3.8, 4) is 0 Å². The minimum Gasteiger partial charge on any atom is -0.480 e. The summed E-state index contributed by atoms with van der Waals surface area (Å²) in [6.07, 6.45) is 1.70. The van der Waals surface area contributed by atoms with Crippen LogP contribution in [0.2, 0.25) is 0 Å². The van der Waals surface area contributed by atoms with Crippen LogP contribution in [-0.4, -0.2) is 78.7 Å².